The monoisotopic (exact) mass is 323 g/mol. The van der Waals surface area contributed by atoms with Crippen LogP contribution in [0.2, 0.25) is 0 Å². The molecule has 0 aromatic carbocycles. The molecule has 0 radical (unpaired) electrons. The van der Waals surface area contributed by atoms with E-state index in [1.54, 1.807) is 4.90 Å². The third-order valence-corrected chi connectivity index (χ3v) is 5.97. The van der Waals surface area contributed by atoms with E-state index in [1.165, 1.54) is 26.4 Å². The van der Waals surface area contributed by atoms with Crippen molar-refractivity contribution in [2.24, 2.45) is 23.5 Å². The number of fused-ring (bicyclic) bond motifs is 2. The second-order valence-corrected chi connectivity index (χ2v) is 7.34. The molecule has 2 aliphatic carbocycles. The van der Waals surface area contributed by atoms with Crippen LogP contribution in [0.5, 0.6) is 0 Å². The van der Waals surface area contributed by atoms with Crippen molar-refractivity contribution < 1.29 is 14.3 Å². The number of nitrogens with zero attached hydrogens (tertiary/aromatic N) is 2. The molecule has 2 atom stereocenters. The summed E-state index contributed by atoms with van der Waals surface area (Å²) in [6.45, 7) is 2.65. The highest BCUT2D eigenvalue weighted by Crippen LogP contribution is 2.42. The van der Waals surface area contributed by atoms with Crippen LogP contribution in [0.25, 0.3) is 0 Å². The topological polar surface area (TPSA) is 75.9 Å². The largest absolute Gasteiger partial charge is 0.375 e. The summed E-state index contributed by atoms with van der Waals surface area (Å²) in [6, 6.07) is 0.302. The first kappa shape index (κ1) is 16.7. The molecule has 0 aromatic rings. The number of nitrogens with two attached hydrogens (primary N) is 1. The Morgan fingerprint density at radius 1 is 1.04 bits per heavy atom. The summed E-state index contributed by atoms with van der Waals surface area (Å²) in [5.74, 6) is 1.50. The minimum Gasteiger partial charge on any atom is -0.375 e. The first-order valence-corrected chi connectivity index (χ1v) is 8.91. The molecule has 0 spiro atoms. The molecule has 1 heterocycles. The van der Waals surface area contributed by atoms with Gasteiger partial charge in [-0.1, -0.05) is 6.42 Å². The number of hydrogen-bond donors (Lipinski definition) is 1. The molecule has 2 bridgehead atoms. The summed E-state index contributed by atoms with van der Waals surface area (Å²) < 4.78 is 4.90. The van der Waals surface area contributed by atoms with Crippen molar-refractivity contribution in [3.05, 3.63) is 0 Å². The van der Waals surface area contributed by atoms with E-state index in [9.17, 15) is 9.59 Å². The smallest absolute Gasteiger partial charge is 0.248 e. The van der Waals surface area contributed by atoms with Gasteiger partial charge in [-0.15, -0.1) is 0 Å². The lowest BCUT2D eigenvalue weighted by Gasteiger charge is -2.45. The zero-order valence-electron chi connectivity index (χ0n) is 14.1. The lowest BCUT2D eigenvalue weighted by molar-refractivity contribution is -0.145. The first-order valence-electron chi connectivity index (χ1n) is 8.91. The van der Waals surface area contributed by atoms with E-state index < -0.39 is 0 Å². The van der Waals surface area contributed by atoms with Crippen molar-refractivity contribution >= 4 is 11.8 Å². The first-order chi connectivity index (χ1) is 11.1. The Hall–Kier alpha value is -1.14. The highest BCUT2D eigenvalue weighted by molar-refractivity contribution is 5.80. The quantitative estimate of drug-likeness (QED) is 0.818. The van der Waals surface area contributed by atoms with Crippen LogP contribution < -0.4 is 5.73 Å². The summed E-state index contributed by atoms with van der Waals surface area (Å²) in [4.78, 5) is 28.4. The molecule has 1 saturated heterocycles. The van der Waals surface area contributed by atoms with Gasteiger partial charge in [-0.3, -0.25) is 9.59 Å². The number of hydrogen-bond acceptors (Lipinski definition) is 4. The van der Waals surface area contributed by atoms with E-state index in [0.717, 1.165) is 12.8 Å². The van der Waals surface area contributed by atoms with E-state index in [1.807, 2.05) is 4.90 Å². The average Bonchev–Trinajstić information content (AvgIpc) is 2.54. The number of amides is 2. The van der Waals surface area contributed by atoms with Crippen LogP contribution in [0, 0.1) is 17.8 Å². The molecule has 130 valence electrons. The molecule has 3 aliphatic rings. The third-order valence-electron chi connectivity index (χ3n) is 5.97. The molecule has 23 heavy (non-hydrogen) atoms. The van der Waals surface area contributed by atoms with E-state index >= 15 is 0 Å². The van der Waals surface area contributed by atoms with Gasteiger partial charge in [-0.25, -0.2) is 0 Å². The Balaban J connectivity index is 1.53. The molecule has 6 heteroatoms. The molecule has 6 nitrogen and oxygen atoms in total. The number of rotatable bonds is 3. The number of piperazine rings is 1. The predicted octanol–water partition coefficient (Wildman–Crippen LogP) is 0.457. The summed E-state index contributed by atoms with van der Waals surface area (Å²) >= 11 is 0. The Labute approximate surface area is 138 Å². The van der Waals surface area contributed by atoms with Gasteiger partial charge in [-0.2, -0.15) is 0 Å². The minimum absolute atomic E-state index is 0.0118. The summed E-state index contributed by atoms with van der Waals surface area (Å²) in [5, 5.41) is 0. The van der Waals surface area contributed by atoms with Gasteiger partial charge >= 0.3 is 0 Å². The lowest BCUT2D eigenvalue weighted by atomic mass is 9.65. The predicted molar refractivity (Wildman–Crippen MR) is 86.6 cm³/mol. The van der Waals surface area contributed by atoms with Crippen LogP contribution in [0.3, 0.4) is 0 Å². The summed E-state index contributed by atoms with van der Waals surface area (Å²) in [7, 11) is 1.53. The fraction of sp³-hybridized carbons (Fsp3) is 0.882. The molecule has 2 saturated carbocycles. The molecule has 2 unspecified atom stereocenters. The van der Waals surface area contributed by atoms with Crippen LogP contribution in [-0.2, 0) is 14.3 Å². The van der Waals surface area contributed by atoms with E-state index in [0.29, 0.717) is 44.1 Å². The number of carbonyl (C=O) groups excluding carboxylic acids is 2. The van der Waals surface area contributed by atoms with Gasteiger partial charge in [0, 0.05) is 45.2 Å². The van der Waals surface area contributed by atoms with Crippen LogP contribution in [0.4, 0.5) is 0 Å². The zero-order chi connectivity index (χ0) is 16.4. The van der Waals surface area contributed by atoms with Crippen molar-refractivity contribution in [3.8, 4) is 0 Å². The van der Waals surface area contributed by atoms with Crippen molar-refractivity contribution in [1.82, 2.24) is 9.80 Å². The fourth-order valence-electron chi connectivity index (χ4n) is 4.64. The van der Waals surface area contributed by atoms with Crippen LogP contribution in [0.1, 0.15) is 32.1 Å². The Morgan fingerprint density at radius 2 is 1.61 bits per heavy atom. The van der Waals surface area contributed by atoms with Gasteiger partial charge in [0.15, 0.2) is 0 Å². The Kier molecular flexibility index (Phi) is 5.21. The lowest BCUT2D eigenvalue weighted by Crippen LogP contribution is -2.54. The van der Waals surface area contributed by atoms with E-state index in [-0.39, 0.29) is 24.3 Å². The van der Waals surface area contributed by atoms with Crippen molar-refractivity contribution in [2.45, 2.75) is 38.1 Å². The van der Waals surface area contributed by atoms with Gasteiger partial charge < -0.3 is 20.3 Å². The third kappa shape index (κ3) is 3.53. The Bertz CT molecular complexity index is 434. The van der Waals surface area contributed by atoms with Gasteiger partial charge in [-0.05, 0) is 37.5 Å². The van der Waals surface area contributed by atoms with Gasteiger partial charge in [0.1, 0.15) is 6.61 Å². The maximum Gasteiger partial charge on any atom is 0.248 e. The average molecular weight is 323 g/mol. The number of ether oxygens (including phenoxy) is 1. The molecule has 2 amide bonds. The normalized spacial score (nSPS) is 34.3. The summed E-state index contributed by atoms with van der Waals surface area (Å²) in [5.41, 5.74) is 6.32. The fourth-order valence-corrected chi connectivity index (χ4v) is 4.64. The maximum absolute atomic E-state index is 12.9. The van der Waals surface area contributed by atoms with Crippen molar-refractivity contribution in [2.75, 3.05) is 39.9 Å². The molecule has 3 rings (SSSR count). The van der Waals surface area contributed by atoms with Crippen LogP contribution in [-0.4, -0.2) is 67.6 Å². The molecule has 3 fully saturated rings. The van der Waals surface area contributed by atoms with E-state index in [4.69, 9.17) is 10.5 Å². The highest BCUT2D eigenvalue weighted by atomic mass is 16.5. The van der Waals surface area contributed by atoms with Crippen LogP contribution >= 0.6 is 0 Å². The molecule has 2 N–H and O–H groups in total. The second kappa shape index (κ2) is 7.18. The number of carbonyl (C=O) groups is 2. The van der Waals surface area contributed by atoms with Crippen molar-refractivity contribution in [3.63, 3.8) is 0 Å². The maximum atomic E-state index is 12.9. The van der Waals surface area contributed by atoms with E-state index in [2.05, 4.69) is 0 Å². The SMILES string of the molecule is COCC(=O)N1CCN(C(=O)C2CC3CCCC(C2)C3N)CC1. The Morgan fingerprint density at radius 3 is 2.17 bits per heavy atom. The van der Waals surface area contributed by atoms with Gasteiger partial charge in [0.05, 0.1) is 0 Å². The number of methoxy groups -OCH3 is 1. The second-order valence-electron chi connectivity index (χ2n) is 7.34. The van der Waals surface area contributed by atoms with Gasteiger partial charge in [0.2, 0.25) is 11.8 Å². The molecule has 0 aromatic heterocycles. The highest BCUT2D eigenvalue weighted by Gasteiger charge is 2.42. The standard InChI is InChI=1S/C17H29N3O3/c1-23-11-15(21)19-5-7-20(8-6-19)17(22)14-9-12-3-2-4-13(10-14)16(12)18/h12-14,16H,2-11,18H2,1H3. The zero-order valence-corrected chi connectivity index (χ0v) is 14.1. The molecular formula is C17H29N3O3. The summed E-state index contributed by atoms with van der Waals surface area (Å²) in [6.07, 6.45) is 5.55. The van der Waals surface area contributed by atoms with Gasteiger partial charge in [0.25, 0.3) is 0 Å². The molecular weight excluding hydrogens is 294 g/mol. The van der Waals surface area contributed by atoms with Crippen molar-refractivity contribution in [1.29, 1.82) is 0 Å². The van der Waals surface area contributed by atoms with Crippen LogP contribution in [0.15, 0.2) is 0 Å². The molecule has 1 aliphatic heterocycles. The minimum atomic E-state index is 0.0118.